The van der Waals surface area contributed by atoms with Crippen molar-refractivity contribution in [1.29, 1.82) is 0 Å². The monoisotopic (exact) mass is 309 g/mol. The zero-order chi connectivity index (χ0) is 15.8. The molecule has 0 bridgehead atoms. The van der Waals surface area contributed by atoms with Crippen LogP contribution in [0.3, 0.4) is 0 Å². The predicted molar refractivity (Wildman–Crippen MR) is 87.1 cm³/mol. The Morgan fingerprint density at radius 1 is 0.955 bits per heavy atom. The van der Waals surface area contributed by atoms with E-state index in [1.807, 2.05) is 0 Å². The highest BCUT2D eigenvalue weighted by Crippen LogP contribution is 2.28. The highest BCUT2D eigenvalue weighted by Gasteiger charge is 2.25. The summed E-state index contributed by atoms with van der Waals surface area (Å²) < 4.78 is 0. The Balaban J connectivity index is 1.60. The van der Waals surface area contributed by atoms with Crippen LogP contribution in [0.2, 0.25) is 0 Å². The number of carbonyl (C=O) groups excluding carboxylic acids is 2. The van der Waals surface area contributed by atoms with E-state index in [2.05, 4.69) is 10.6 Å². The Morgan fingerprint density at radius 2 is 1.64 bits per heavy atom. The number of rotatable bonds is 7. The molecule has 2 rings (SSSR count). The molecular formula is C17H31N3O2. The average Bonchev–Trinajstić information content (AvgIpc) is 3.05. The van der Waals surface area contributed by atoms with E-state index in [4.69, 9.17) is 5.73 Å². The first-order chi connectivity index (χ1) is 10.7. The van der Waals surface area contributed by atoms with Gasteiger partial charge in [0.15, 0.2) is 0 Å². The number of nitrogens with two attached hydrogens (primary N) is 1. The molecule has 2 atom stereocenters. The third-order valence-corrected chi connectivity index (χ3v) is 5.26. The maximum Gasteiger partial charge on any atom is 0.239 e. The molecule has 5 nitrogen and oxygen atoms in total. The van der Waals surface area contributed by atoms with Crippen molar-refractivity contribution in [2.24, 2.45) is 17.6 Å². The van der Waals surface area contributed by atoms with E-state index in [9.17, 15) is 9.59 Å². The van der Waals surface area contributed by atoms with Gasteiger partial charge in [-0.15, -0.1) is 0 Å². The molecule has 2 fully saturated rings. The van der Waals surface area contributed by atoms with Crippen LogP contribution in [0.1, 0.15) is 64.2 Å². The van der Waals surface area contributed by atoms with Crippen LogP contribution in [0.15, 0.2) is 0 Å². The van der Waals surface area contributed by atoms with E-state index >= 15 is 0 Å². The molecular weight excluding hydrogens is 278 g/mol. The van der Waals surface area contributed by atoms with Crippen molar-refractivity contribution in [3.05, 3.63) is 0 Å². The Kier molecular flexibility index (Phi) is 7.16. The van der Waals surface area contributed by atoms with Crippen LogP contribution >= 0.6 is 0 Å². The van der Waals surface area contributed by atoms with Gasteiger partial charge in [-0.2, -0.15) is 0 Å². The Hall–Kier alpha value is -1.10. The van der Waals surface area contributed by atoms with Crippen molar-refractivity contribution >= 4 is 11.8 Å². The topological polar surface area (TPSA) is 84.2 Å². The number of carbonyl (C=O) groups is 2. The summed E-state index contributed by atoms with van der Waals surface area (Å²) in [5.74, 6) is 1.02. The van der Waals surface area contributed by atoms with Crippen molar-refractivity contribution in [1.82, 2.24) is 10.6 Å². The van der Waals surface area contributed by atoms with Crippen LogP contribution < -0.4 is 16.4 Å². The molecule has 0 radical (unpaired) electrons. The Bertz CT molecular complexity index is 367. The molecule has 2 saturated carbocycles. The first-order valence-corrected chi connectivity index (χ1v) is 8.95. The van der Waals surface area contributed by atoms with Crippen LogP contribution in [0.5, 0.6) is 0 Å². The molecule has 0 spiro atoms. The number of amides is 2. The number of hydrogen-bond acceptors (Lipinski definition) is 3. The number of nitrogens with one attached hydrogen (secondary N) is 2. The van der Waals surface area contributed by atoms with Gasteiger partial charge in [0.05, 0.1) is 6.54 Å². The first kappa shape index (κ1) is 17.3. The summed E-state index contributed by atoms with van der Waals surface area (Å²) in [4.78, 5) is 23.8. The largest absolute Gasteiger partial charge is 0.352 e. The summed E-state index contributed by atoms with van der Waals surface area (Å²) >= 11 is 0. The molecule has 2 unspecified atom stereocenters. The molecule has 126 valence electrons. The van der Waals surface area contributed by atoms with Gasteiger partial charge in [-0.05, 0) is 37.6 Å². The summed E-state index contributed by atoms with van der Waals surface area (Å²) in [6, 6.07) is 0.182. The second-order valence-electron chi connectivity index (χ2n) is 6.92. The van der Waals surface area contributed by atoms with Gasteiger partial charge in [-0.1, -0.05) is 38.5 Å². The molecule has 2 aliphatic rings. The minimum atomic E-state index is -0.0837. The molecule has 0 aromatic rings. The van der Waals surface area contributed by atoms with Gasteiger partial charge in [0.25, 0.3) is 0 Å². The van der Waals surface area contributed by atoms with Gasteiger partial charge in [-0.25, -0.2) is 0 Å². The van der Waals surface area contributed by atoms with E-state index in [0.29, 0.717) is 24.8 Å². The van der Waals surface area contributed by atoms with Crippen LogP contribution in [-0.4, -0.2) is 30.9 Å². The molecule has 2 aliphatic carbocycles. The van der Waals surface area contributed by atoms with Gasteiger partial charge >= 0.3 is 0 Å². The van der Waals surface area contributed by atoms with E-state index in [1.165, 1.54) is 32.1 Å². The lowest BCUT2D eigenvalue weighted by molar-refractivity contribution is -0.126. The lowest BCUT2D eigenvalue weighted by Crippen LogP contribution is -2.48. The van der Waals surface area contributed by atoms with Crippen molar-refractivity contribution in [3.8, 4) is 0 Å². The van der Waals surface area contributed by atoms with Gasteiger partial charge in [-0.3, -0.25) is 9.59 Å². The van der Waals surface area contributed by atoms with Crippen molar-refractivity contribution in [2.45, 2.75) is 70.3 Å². The lowest BCUT2D eigenvalue weighted by Gasteiger charge is -2.31. The van der Waals surface area contributed by atoms with Crippen LogP contribution in [0.25, 0.3) is 0 Å². The van der Waals surface area contributed by atoms with Crippen molar-refractivity contribution in [2.75, 3.05) is 13.1 Å². The molecule has 2 amide bonds. The fourth-order valence-corrected chi connectivity index (χ4v) is 3.84. The number of hydrogen-bond donors (Lipinski definition) is 3. The molecule has 0 saturated heterocycles. The van der Waals surface area contributed by atoms with Crippen molar-refractivity contribution < 1.29 is 9.59 Å². The summed E-state index contributed by atoms with van der Waals surface area (Å²) in [6.07, 6.45) is 11.1. The Labute approximate surface area is 133 Å². The van der Waals surface area contributed by atoms with E-state index in [0.717, 1.165) is 25.7 Å². The second kappa shape index (κ2) is 9.13. The summed E-state index contributed by atoms with van der Waals surface area (Å²) in [7, 11) is 0. The zero-order valence-corrected chi connectivity index (χ0v) is 13.6. The minimum absolute atomic E-state index is 0.000990. The van der Waals surface area contributed by atoms with Gasteiger partial charge in [0.1, 0.15) is 0 Å². The fraction of sp³-hybridized carbons (Fsp3) is 0.882. The fourth-order valence-electron chi connectivity index (χ4n) is 3.84. The maximum atomic E-state index is 12.0. The van der Waals surface area contributed by atoms with Crippen LogP contribution in [0, 0.1) is 11.8 Å². The highest BCUT2D eigenvalue weighted by molar-refractivity contribution is 5.84. The summed E-state index contributed by atoms with van der Waals surface area (Å²) in [5.41, 5.74) is 5.77. The van der Waals surface area contributed by atoms with Gasteiger partial charge in [0.2, 0.25) is 11.8 Å². The SMILES string of the molecule is NCC1CCCCC1NC(=O)CNC(=O)CCC1CCCC1. The quantitative estimate of drug-likeness (QED) is 0.669. The molecule has 0 heterocycles. The highest BCUT2D eigenvalue weighted by atomic mass is 16.2. The van der Waals surface area contributed by atoms with Gasteiger partial charge in [0, 0.05) is 12.5 Å². The lowest BCUT2D eigenvalue weighted by atomic mass is 9.84. The zero-order valence-electron chi connectivity index (χ0n) is 13.6. The second-order valence-corrected chi connectivity index (χ2v) is 6.92. The molecule has 0 aromatic carbocycles. The van der Waals surface area contributed by atoms with E-state index in [1.54, 1.807) is 0 Å². The molecule has 0 aliphatic heterocycles. The normalized spacial score (nSPS) is 25.9. The first-order valence-electron chi connectivity index (χ1n) is 8.95. The van der Waals surface area contributed by atoms with E-state index in [-0.39, 0.29) is 24.4 Å². The van der Waals surface area contributed by atoms with Crippen LogP contribution in [0.4, 0.5) is 0 Å². The standard InChI is InChI=1S/C17H31N3O2/c18-11-14-7-3-4-8-15(14)20-17(22)12-19-16(21)10-9-13-5-1-2-6-13/h13-15H,1-12,18H2,(H,19,21)(H,20,22). The molecule has 4 N–H and O–H groups in total. The third kappa shape index (κ3) is 5.59. The average molecular weight is 309 g/mol. The van der Waals surface area contributed by atoms with E-state index < -0.39 is 0 Å². The predicted octanol–water partition coefficient (Wildman–Crippen LogP) is 1.71. The molecule has 22 heavy (non-hydrogen) atoms. The van der Waals surface area contributed by atoms with Gasteiger partial charge < -0.3 is 16.4 Å². The smallest absolute Gasteiger partial charge is 0.239 e. The molecule has 5 heteroatoms. The third-order valence-electron chi connectivity index (χ3n) is 5.26. The Morgan fingerprint density at radius 3 is 2.36 bits per heavy atom. The summed E-state index contributed by atoms with van der Waals surface area (Å²) in [6.45, 7) is 0.718. The van der Waals surface area contributed by atoms with Crippen molar-refractivity contribution in [3.63, 3.8) is 0 Å². The summed E-state index contributed by atoms with van der Waals surface area (Å²) in [5, 5.41) is 5.79. The minimum Gasteiger partial charge on any atom is -0.352 e. The maximum absolute atomic E-state index is 12.0. The molecule has 0 aromatic heterocycles. The van der Waals surface area contributed by atoms with Crippen LogP contribution in [-0.2, 0) is 9.59 Å².